The summed E-state index contributed by atoms with van der Waals surface area (Å²) in [6.07, 6.45) is 2.59. The lowest BCUT2D eigenvalue weighted by atomic mass is 10.00. The van der Waals surface area contributed by atoms with E-state index in [0.29, 0.717) is 25.8 Å². The summed E-state index contributed by atoms with van der Waals surface area (Å²) in [7, 11) is 0. The summed E-state index contributed by atoms with van der Waals surface area (Å²) in [4.78, 5) is 35.8. The SMILES string of the molecule is CCCC(C)C(=O)C(=O)N1CCC[C@H]1C(=O)O. The van der Waals surface area contributed by atoms with Crippen LogP contribution in [0.25, 0.3) is 0 Å². The molecule has 1 saturated heterocycles. The number of hydrogen-bond acceptors (Lipinski definition) is 3. The topological polar surface area (TPSA) is 74.7 Å². The average molecular weight is 241 g/mol. The highest BCUT2D eigenvalue weighted by Crippen LogP contribution is 2.19. The molecule has 96 valence electrons. The largest absolute Gasteiger partial charge is 0.480 e. The minimum absolute atomic E-state index is 0.317. The Hall–Kier alpha value is -1.39. The van der Waals surface area contributed by atoms with Crippen molar-refractivity contribution < 1.29 is 19.5 Å². The monoisotopic (exact) mass is 241 g/mol. The van der Waals surface area contributed by atoms with Gasteiger partial charge in [-0.2, -0.15) is 0 Å². The number of amides is 1. The highest BCUT2D eigenvalue weighted by molar-refractivity contribution is 6.37. The highest BCUT2D eigenvalue weighted by atomic mass is 16.4. The van der Waals surface area contributed by atoms with Crippen LogP contribution in [0.3, 0.4) is 0 Å². The number of Topliss-reactive ketones (excluding diaryl/α,β-unsaturated/α-hetero) is 1. The molecule has 1 heterocycles. The molecule has 0 bridgehead atoms. The van der Waals surface area contributed by atoms with E-state index in [1.807, 2.05) is 6.92 Å². The van der Waals surface area contributed by atoms with Crippen LogP contribution in [-0.4, -0.2) is 40.3 Å². The van der Waals surface area contributed by atoms with E-state index >= 15 is 0 Å². The van der Waals surface area contributed by atoms with Crippen molar-refractivity contribution >= 4 is 17.7 Å². The second-order valence-corrected chi connectivity index (χ2v) is 4.55. The van der Waals surface area contributed by atoms with Gasteiger partial charge in [0, 0.05) is 12.5 Å². The van der Waals surface area contributed by atoms with Crippen LogP contribution in [0.5, 0.6) is 0 Å². The summed E-state index contributed by atoms with van der Waals surface area (Å²) in [6.45, 7) is 4.04. The van der Waals surface area contributed by atoms with E-state index in [0.717, 1.165) is 6.42 Å². The molecule has 5 heteroatoms. The van der Waals surface area contributed by atoms with Crippen LogP contribution in [0.2, 0.25) is 0 Å². The summed E-state index contributed by atoms with van der Waals surface area (Å²) in [6, 6.07) is -0.819. The molecule has 2 atom stereocenters. The zero-order chi connectivity index (χ0) is 13.0. The van der Waals surface area contributed by atoms with Crippen LogP contribution >= 0.6 is 0 Å². The van der Waals surface area contributed by atoms with Crippen LogP contribution in [0.4, 0.5) is 0 Å². The molecule has 0 aromatic carbocycles. The predicted octanol–water partition coefficient (Wildman–Crippen LogP) is 1.07. The number of carboxylic acids is 1. The summed E-state index contributed by atoms with van der Waals surface area (Å²) in [5.41, 5.74) is 0. The summed E-state index contributed by atoms with van der Waals surface area (Å²) < 4.78 is 0. The van der Waals surface area contributed by atoms with Crippen molar-refractivity contribution in [3.8, 4) is 0 Å². The van der Waals surface area contributed by atoms with Crippen LogP contribution in [0.1, 0.15) is 39.5 Å². The Balaban J connectivity index is 2.69. The first-order chi connectivity index (χ1) is 7.99. The third-order valence-corrected chi connectivity index (χ3v) is 3.18. The number of carbonyl (C=O) groups is 3. The molecule has 0 aromatic heterocycles. The van der Waals surface area contributed by atoms with Gasteiger partial charge in [0.05, 0.1) is 0 Å². The van der Waals surface area contributed by atoms with E-state index in [9.17, 15) is 14.4 Å². The second-order valence-electron chi connectivity index (χ2n) is 4.55. The number of likely N-dealkylation sites (tertiary alicyclic amines) is 1. The van der Waals surface area contributed by atoms with E-state index in [4.69, 9.17) is 5.11 Å². The number of rotatable bonds is 5. The van der Waals surface area contributed by atoms with Crippen molar-refractivity contribution in [3.63, 3.8) is 0 Å². The molecule has 0 aromatic rings. The quantitative estimate of drug-likeness (QED) is 0.730. The summed E-state index contributed by atoms with van der Waals surface area (Å²) in [5, 5.41) is 8.95. The fourth-order valence-corrected chi connectivity index (χ4v) is 2.18. The number of nitrogens with zero attached hydrogens (tertiary/aromatic N) is 1. The number of hydrogen-bond donors (Lipinski definition) is 1. The van der Waals surface area contributed by atoms with Crippen molar-refractivity contribution in [1.29, 1.82) is 0 Å². The van der Waals surface area contributed by atoms with E-state index in [-0.39, 0.29) is 5.92 Å². The number of carboxylic acid groups (broad SMARTS) is 1. The summed E-state index contributed by atoms with van der Waals surface area (Å²) in [5.74, 6) is -2.43. The maximum absolute atomic E-state index is 11.9. The van der Waals surface area contributed by atoms with Gasteiger partial charge in [-0.15, -0.1) is 0 Å². The van der Waals surface area contributed by atoms with Gasteiger partial charge in [0.25, 0.3) is 5.91 Å². The third-order valence-electron chi connectivity index (χ3n) is 3.18. The van der Waals surface area contributed by atoms with Crippen molar-refractivity contribution in [2.75, 3.05) is 6.54 Å². The normalized spacial score (nSPS) is 21.3. The zero-order valence-electron chi connectivity index (χ0n) is 10.3. The molecular weight excluding hydrogens is 222 g/mol. The van der Waals surface area contributed by atoms with Gasteiger partial charge < -0.3 is 10.0 Å². The third kappa shape index (κ3) is 3.05. The first-order valence-electron chi connectivity index (χ1n) is 6.06. The van der Waals surface area contributed by atoms with E-state index in [2.05, 4.69) is 0 Å². The number of carbonyl (C=O) groups excluding carboxylic acids is 2. The van der Waals surface area contributed by atoms with Gasteiger partial charge in [0.2, 0.25) is 5.78 Å². The number of aliphatic carboxylic acids is 1. The smallest absolute Gasteiger partial charge is 0.326 e. The van der Waals surface area contributed by atoms with E-state index in [1.165, 1.54) is 4.90 Å². The molecular formula is C12H19NO4. The molecule has 0 saturated carbocycles. The molecule has 1 amide bonds. The van der Waals surface area contributed by atoms with Crippen molar-refractivity contribution in [2.45, 2.75) is 45.6 Å². The Morgan fingerprint density at radius 3 is 2.59 bits per heavy atom. The van der Waals surface area contributed by atoms with Crippen LogP contribution in [0, 0.1) is 5.92 Å². The van der Waals surface area contributed by atoms with Crippen molar-refractivity contribution in [3.05, 3.63) is 0 Å². The van der Waals surface area contributed by atoms with Gasteiger partial charge in [-0.1, -0.05) is 20.3 Å². The van der Waals surface area contributed by atoms with Gasteiger partial charge in [-0.25, -0.2) is 4.79 Å². The molecule has 1 unspecified atom stereocenters. The fourth-order valence-electron chi connectivity index (χ4n) is 2.18. The van der Waals surface area contributed by atoms with E-state index < -0.39 is 23.7 Å². The molecule has 1 aliphatic rings. The minimum Gasteiger partial charge on any atom is -0.480 e. The standard InChI is InChI=1S/C12H19NO4/c1-3-5-8(2)10(14)11(15)13-7-4-6-9(13)12(16)17/h8-9H,3-7H2,1-2H3,(H,16,17)/t8?,9-/m0/s1. The van der Waals surface area contributed by atoms with Crippen molar-refractivity contribution in [2.24, 2.45) is 5.92 Å². The second kappa shape index (κ2) is 5.80. The molecule has 0 aliphatic carbocycles. The Labute approximate surface area is 101 Å². The van der Waals surface area contributed by atoms with Crippen LogP contribution in [-0.2, 0) is 14.4 Å². The first kappa shape index (κ1) is 13.7. The van der Waals surface area contributed by atoms with Crippen molar-refractivity contribution in [1.82, 2.24) is 4.90 Å². The van der Waals surface area contributed by atoms with Gasteiger partial charge in [-0.3, -0.25) is 9.59 Å². The molecule has 0 spiro atoms. The first-order valence-corrected chi connectivity index (χ1v) is 6.06. The summed E-state index contributed by atoms with van der Waals surface area (Å²) >= 11 is 0. The molecule has 5 nitrogen and oxygen atoms in total. The van der Waals surface area contributed by atoms with Gasteiger partial charge in [0.1, 0.15) is 6.04 Å². The van der Waals surface area contributed by atoms with Gasteiger partial charge in [0.15, 0.2) is 0 Å². The molecule has 1 rings (SSSR count). The lowest BCUT2D eigenvalue weighted by molar-refractivity contribution is -0.153. The lowest BCUT2D eigenvalue weighted by Crippen LogP contribution is -2.45. The Morgan fingerprint density at radius 2 is 2.06 bits per heavy atom. The highest BCUT2D eigenvalue weighted by Gasteiger charge is 2.37. The van der Waals surface area contributed by atoms with Gasteiger partial charge >= 0.3 is 5.97 Å². The molecule has 0 radical (unpaired) electrons. The maximum Gasteiger partial charge on any atom is 0.326 e. The zero-order valence-corrected chi connectivity index (χ0v) is 10.3. The average Bonchev–Trinajstić information content (AvgIpc) is 2.76. The Bertz CT molecular complexity index is 326. The maximum atomic E-state index is 11.9. The fraction of sp³-hybridized carbons (Fsp3) is 0.750. The predicted molar refractivity (Wildman–Crippen MR) is 61.4 cm³/mol. The van der Waals surface area contributed by atoms with Crippen LogP contribution < -0.4 is 0 Å². The van der Waals surface area contributed by atoms with E-state index in [1.54, 1.807) is 6.92 Å². The van der Waals surface area contributed by atoms with Gasteiger partial charge in [-0.05, 0) is 19.3 Å². The molecule has 17 heavy (non-hydrogen) atoms. The molecule has 1 aliphatic heterocycles. The Kier molecular flexibility index (Phi) is 4.66. The molecule has 1 N–H and O–H groups in total. The molecule has 1 fully saturated rings. The number of ketones is 1. The lowest BCUT2D eigenvalue weighted by Gasteiger charge is -2.22. The van der Waals surface area contributed by atoms with Crippen LogP contribution in [0.15, 0.2) is 0 Å². The minimum atomic E-state index is -1.02. The Morgan fingerprint density at radius 1 is 1.41 bits per heavy atom.